The maximum absolute atomic E-state index is 6.27. The fourth-order valence-electron chi connectivity index (χ4n) is 2.65. The molecule has 22 heavy (non-hydrogen) atoms. The van der Waals surface area contributed by atoms with Gasteiger partial charge in [0, 0.05) is 24.4 Å². The average molecular weight is 309 g/mol. The van der Waals surface area contributed by atoms with E-state index < -0.39 is 0 Å². The smallest absolute Gasteiger partial charge is 0.195 e. The molecule has 0 fully saturated rings. The maximum Gasteiger partial charge on any atom is 0.195 e. The van der Waals surface area contributed by atoms with E-state index in [2.05, 4.69) is 28.8 Å². The molecule has 0 spiro atoms. The third-order valence-corrected chi connectivity index (χ3v) is 4.87. The minimum absolute atomic E-state index is 0.525. The molecule has 0 aliphatic heterocycles. The van der Waals surface area contributed by atoms with Gasteiger partial charge in [0.05, 0.1) is 28.2 Å². The lowest BCUT2D eigenvalue weighted by atomic mass is 10.1. The fraction of sp³-hybridized carbons (Fsp3) is 0.118. The predicted molar refractivity (Wildman–Crippen MR) is 91.1 cm³/mol. The van der Waals surface area contributed by atoms with Crippen LogP contribution in [0.1, 0.15) is 5.56 Å². The zero-order chi connectivity index (χ0) is 15.1. The van der Waals surface area contributed by atoms with E-state index in [1.165, 1.54) is 0 Å². The van der Waals surface area contributed by atoms with Crippen LogP contribution in [0, 0.1) is 0 Å². The van der Waals surface area contributed by atoms with Crippen molar-refractivity contribution in [2.45, 2.75) is 6.61 Å². The van der Waals surface area contributed by atoms with Crippen LogP contribution in [0.3, 0.4) is 0 Å². The molecule has 2 heterocycles. The van der Waals surface area contributed by atoms with Crippen LogP contribution < -0.4 is 5.73 Å². The Hall–Kier alpha value is -2.37. The highest BCUT2D eigenvalue weighted by molar-refractivity contribution is 7.24. The van der Waals surface area contributed by atoms with E-state index in [1.54, 1.807) is 18.4 Å². The molecule has 2 aromatic heterocycles. The quantitative estimate of drug-likeness (QED) is 0.583. The SMILES string of the molecule is COCc1ccc2c(sc3nc(-c4ccccc4)cn32)c1N. The Morgan fingerprint density at radius 1 is 1.18 bits per heavy atom. The number of ether oxygens (including phenoxy) is 1. The number of fused-ring (bicyclic) bond motifs is 3. The number of methoxy groups -OCH3 is 1. The van der Waals surface area contributed by atoms with Crippen molar-refractivity contribution in [2.75, 3.05) is 12.8 Å². The van der Waals surface area contributed by atoms with Gasteiger partial charge in [0.15, 0.2) is 4.96 Å². The van der Waals surface area contributed by atoms with Gasteiger partial charge in [-0.2, -0.15) is 0 Å². The number of nitrogens with zero attached hydrogens (tertiary/aromatic N) is 2. The molecule has 0 aliphatic rings. The van der Waals surface area contributed by atoms with E-state index in [0.29, 0.717) is 6.61 Å². The number of nitrogens with two attached hydrogens (primary N) is 1. The monoisotopic (exact) mass is 309 g/mol. The lowest BCUT2D eigenvalue weighted by molar-refractivity contribution is 0.185. The number of imidazole rings is 1. The zero-order valence-corrected chi connectivity index (χ0v) is 12.9. The van der Waals surface area contributed by atoms with Crippen molar-refractivity contribution >= 4 is 32.2 Å². The number of anilines is 1. The molecule has 2 N–H and O–H groups in total. The summed E-state index contributed by atoms with van der Waals surface area (Å²) < 4.78 is 8.37. The van der Waals surface area contributed by atoms with Gasteiger partial charge in [-0.1, -0.05) is 47.7 Å². The van der Waals surface area contributed by atoms with Gasteiger partial charge in [0.1, 0.15) is 0 Å². The van der Waals surface area contributed by atoms with Crippen molar-refractivity contribution in [3.05, 3.63) is 54.2 Å². The second kappa shape index (κ2) is 5.12. The first kappa shape index (κ1) is 13.3. The molecule has 0 saturated heterocycles. The number of nitrogen functional groups attached to an aromatic ring is 1. The van der Waals surface area contributed by atoms with Crippen molar-refractivity contribution in [1.82, 2.24) is 9.38 Å². The minimum atomic E-state index is 0.525. The number of thiazole rings is 1. The van der Waals surface area contributed by atoms with Gasteiger partial charge in [-0.15, -0.1) is 0 Å². The van der Waals surface area contributed by atoms with Gasteiger partial charge in [-0.3, -0.25) is 4.40 Å². The molecular formula is C17H15N3OS. The molecule has 110 valence electrons. The average Bonchev–Trinajstić information content (AvgIpc) is 3.10. The van der Waals surface area contributed by atoms with Gasteiger partial charge in [-0.25, -0.2) is 4.98 Å². The molecule has 0 unspecified atom stereocenters. The molecular weight excluding hydrogens is 294 g/mol. The van der Waals surface area contributed by atoms with Gasteiger partial charge < -0.3 is 10.5 Å². The topological polar surface area (TPSA) is 52.5 Å². The Kier molecular flexibility index (Phi) is 3.10. The fourth-order valence-corrected chi connectivity index (χ4v) is 3.74. The van der Waals surface area contributed by atoms with Crippen molar-refractivity contribution < 1.29 is 4.74 Å². The van der Waals surface area contributed by atoms with Crippen molar-refractivity contribution in [3.8, 4) is 11.3 Å². The summed E-state index contributed by atoms with van der Waals surface area (Å²) in [6.45, 7) is 0.525. The van der Waals surface area contributed by atoms with E-state index in [9.17, 15) is 0 Å². The van der Waals surface area contributed by atoms with Gasteiger partial charge in [0.2, 0.25) is 0 Å². The van der Waals surface area contributed by atoms with E-state index in [4.69, 9.17) is 15.5 Å². The van der Waals surface area contributed by atoms with Gasteiger partial charge in [0.25, 0.3) is 0 Å². The van der Waals surface area contributed by atoms with Crippen LogP contribution in [0.25, 0.3) is 26.4 Å². The largest absolute Gasteiger partial charge is 0.397 e. The third-order valence-electron chi connectivity index (χ3n) is 3.76. The van der Waals surface area contributed by atoms with Crippen LogP contribution in [0.2, 0.25) is 0 Å². The third kappa shape index (κ3) is 1.98. The first-order chi connectivity index (χ1) is 10.8. The molecule has 4 nitrogen and oxygen atoms in total. The molecule has 2 aromatic carbocycles. The summed E-state index contributed by atoms with van der Waals surface area (Å²) in [7, 11) is 1.68. The Morgan fingerprint density at radius 2 is 2.00 bits per heavy atom. The molecule has 0 aliphatic carbocycles. The zero-order valence-electron chi connectivity index (χ0n) is 12.1. The molecule has 4 rings (SSSR count). The Balaban J connectivity index is 1.90. The summed E-state index contributed by atoms with van der Waals surface area (Å²) in [6, 6.07) is 14.3. The van der Waals surface area contributed by atoms with Gasteiger partial charge in [-0.05, 0) is 6.07 Å². The molecule has 0 amide bonds. The first-order valence-electron chi connectivity index (χ1n) is 7.01. The Morgan fingerprint density at radius 3 is 2.77 bits per heavy atom. The van der Waals surface area contributed by atoms with Gasteiger partial charge >= 0.3 is 0 Å². The molecule has 0 bridgehead atoms. The summed E-state index contributed by atoms with van der Waals surface area (Å²) >= 11 is 1.62. The normalized spacial score (nSPS) is 11.5. The molecule has 4 aromatic rings. The van der Waals surface area contributed by atoms with Crippen LogP contribution in [-0.4, -0.2) is 16.5 Å². The summed E-state index contributed by atoms with van der Waals surface area (Å²) in [5.74, 6) is 0. The highest BCUT2D eigenvalue weighted by atomic mass is 32.1. The van der Waals surface area contributed by atoms with Crippen molar-refractivity contribution in [3.63, 3.8) is 0 Å². The number of hydrogen-bond donors (Lipinski definition) is 1. The Labute approximate surface area is 131 Å². The lowest BCUT2D eigenvalue weighted by Gasteiger charge is -2.05. The standard InChI is InChI=1S/C17H15N3OS/c1-21-10-12-7-8-14-16(15(12)18)22-17-19-13(9-20(14)17)11-5-3-2-4-6-11/h2-9H,10,18H2,1H3. The summed E-state index contributed by atoms with van der Waals surface area (Å²) in [5, 5.41) is 0. The number of aromatic nitrogens is 2. The van der Waals surface area contributed by atoms with Crippen molar-refractivity contribution in [1.29, 1.82) is 0 Å². The molecule has 0 atom stereocenters. The lowest BCUT2D eigenvalue weighted by Crippen LogP contribution is -1.96. The predicted octanol–water partition coefficient (Wildman–Crippen LogP) is 3.94. The van der Waals surface area contributed by atoms with Crippen LogP contribution >= 0.6 is 11.3 Å². The maximum atomic E-state index is 6.27. The second-order valence-electron chi connectivity index (χ2n) is 5.17. The summed E-state index contributed by atoms with van der Waals surface area (Å²) in [4.78, 5) is 5.69. The highest BCUT2D eigenvalue weighted by Crippen LogP contribution is 2.34. The van der Waals surface area contributed by atoms with Crippen LogP contribution in [-0.2, 0) is 11.3 Å². The van der Waals surface area contributed by atoms with E-state index in [1.807, 2.05) is 24.3 Å². The van der Waals surface area contributed by atoms with Crippen LogP contribution in [0.5, 0.6) is 0 Å². The molecule has 5 heteroatoms. The number of hydrogen-bond acceptors (Lipinski definition) is 4. The highest BCUT2D eigenvalue weighted by Gasteiger charge is 2.13. The Bertz CT molecular complexity index is 956. The summed E-state index contributed by atoms with van der Waals surface area (Å²) in [6.07, 6.45) is 2.07. The minimum Gasteiger partial charge on any atom is -0.397 e. The van der Waals surface area contributed by atoms with E-state index in [0.717, 1.165) is 37.7 Å². The molecule has 0 radical (unpaired) electrons. The van der Waals surface area contributed by atoms with E-state index >= 15 is 0 Å². The number of rotatable bonds is 3. The first-order valence-corrected chi connectivity index (χ1v) is 7.83. The second-order valence-corrected chi connectivity index (χ2v) is 6.14. The number of benzene rings is 2. The van der Waals surface area contributed by atoms with Crippen molar-refractivity contribution in [2.24, 2.45) is 0 Å². The molecule has 0 saturated carbocycles. The van der Waals surface area contributed by atoms with Crippen LogP contribution in [0.15, 0.2) is 48.7 Å². The van der Waals surface area contributed by atoms with Crippen LogP contribution in [0.4, 0.5) is 5.69 Å². The van der Waals surface area contributed by atoms with E-state index in [-0.39, 0.29) is 0 Å². The summed E-state index contributed by atoms with van der Waals surface area (Å²) in [5.41, 5.74) is 11.3.